The quantitative estimate of drug-likeness (QED) is 0.106. The number of likely N-dealkylation sites (N-methyl/N-ethyl adjacent to an activating group) is 1. The molecule has 2 aromatic rings. The Balaban J connectivity index is 1.45. The third-order valence-corrected chi connectivity index (χ3v) is 7.62. The molecule has 2 aromatic heterocycles. The van der Waals surface area contributed by atoms with E-state index in [1.165, 1.54) is 26.2 Å². The maximum Gasteiger partial charge on any atom is 0.293 e. The van der Waals surface area contributed by atoms with E-state index in [-0.39, 0.29) is 40.2 Å². The van der Waals surface area contributed by atoms with Gasteiger partial charge in [0.25, 0.3) is 29.9 Å². The highest BCUT2D eigenvalue weighted by molar-refractivity contribution is 6.44. The third-order valence-electron chi connectivity index (χ3n) is 7.62. The van der Waals surface area contributed by atoms with Gasteiger partial charge in [-0.3, -0.25) is 25.2 Å². The number of ketones is 1. The van der Waals surface area contributed by atoms with E-state index in [2.05, 4.69) is 26.4 Å². The lowest BCUT2D eigenvalue weighted by atomic mass is 9.71. The van der Waals surface area contributed by atoms with Crippen LogP contribution in [0.1, 0.15) is 69.5 Å². The van der Waals surface area contributed by atoms with Crippen molar-refractivity contribution in [3.05, 3.63) is 58.4 Å². The lowest BCUT2D eigenvalue weighted by molar-refractivity contribution is -0.138. The summed E-state index contributed by atoms with van der Waals surface area (Å²) in [5.41, 5.74) is 1.44. The highest BCUT2D eigenvalue weighted by atomic mass is 19.3. The molecule has 1 aliphatic heterocycles. The normalized spacial score (nSPS) is 21.9. The monoisotopic (exact) mass is 549 g/mol. The van der Waals surface area contributed by atoms with Gasteiger partial charge in [-0.25, -0.2) is 17.6 Å². The van der Waals surface area contributed by atoms with E-state index >= 15 is 0 Å². The van der Waals surface area contributed by atoms with Crippen molar-refractivity contribution in [2.45, 2.75) is 56.5 Å². The summed E-state index contributed by atoms with van der Waals surface area (Å²) >= 11 is 0. The van der Waals surface area contributed by atoms with Gasteiger partial charge in [0.15, 0.2) is 0 Å². The molecule has 6 N–H and O–H groups in total. The van der Waals surface area contributed by atoms with E-state index in [1.54, 1.807) is 4.57 Å². The van der Waals surface area contributed by atoms with E-state index < -0.39 is 54.0 Å². The van der Waals surface area contributed by atoms with Crippen LogP contribution in [0.2, 0.25) is 0 Å². The average Bonchev–Trinajstić information content (AvgIpc) is 3.43. The molecule has 3 aliphatic rings. The second-order valence-electron chi connectivity index (χ2n) is 10.2. The molecule has 10 nitrogen and oxygen atoms in total. The van der Waals surface area contributed by atoms with Gasteiger partial charge in [-0.1, -0.05) is 0 Å². The number of amides is 2. The van der Waals surface area contributed by atoms with E-state index in [1.807, 2.05) is 0 Å². The first-order valence-electron chi connectivity index (χ1n) is 12.3. The van der Waals surface area contributed by atoms with Gasteiger partial charge in [0, 0.05) is 49.7 Å². The van der Waals surface area contributed by atoms with Gasteiger partial charge in [-0.2, -0.15) is 0 Å². The van der Waals surface area contributed by atoms with Crippen molar-refractivity contribution in [2.75, 3.05) is 12.4 Å². The molecular weight excluding hydrogens is 522 g/mol. The fraction of sp³-hybridized carbons (Fsp3) is 0.440. The molecule has 0 radical (unpaired) electrons. The zero-order valence-corrected chi connectivity index (χ0v) is 21.1. The summed E-state index contributed by atoms with van der Waals surface area (Å²) in [5, 5.41) is 7.79. The molecule has 2 amide bonds. The molecule has 208 valence electrons. The summed E-state index contributed by atoms with van der Waals surface area (Å²) in [5.74, 6) is -0.188. The SMILES string of the molecule is CNC(=CNN)C1(NC(=O)C(=O)c2c(C)c(C(=O)Nc3ccnc(C(F)F)c3)n3c2CC2CC23)CC(F)(F)C1. The van der Waals surface area contributed by atoms with Crippen molar-refractivity contribution < 1.29 is 31.9 Å². The van der Waals surface area contributed by atoms with Gasteiger partial charge in [0.1, 0.15) is 11.4 Å². The molecule has 2 atom stereocenters. The Morgan fingerprint density at radius 1 is 1.26 bits per heavy atom. The summed E-state index contributed by atoms with van der Waals surface area (Å²) in [6.07, 6.45) is -0.636. The number of anilines is 1. The number of carbonyl (C=O) groups excluding carboxylic acids is 3. The molecule has 14 heteroatoms. The summed E-state index contributed by atoms with van der Waals surface area (Å²) in [4.78, 5) is 43.6. The molecule has 2 aliphatic carbocycles. The number of Topliss-reactive ketones (excluding diaryl/α,β-unsaturated/α-hetero) is 1. The number of nitrogens with two attached hydrogens (primary N) is 1. The van der Waals surface area contributed by atoms with Crippen LogP contribution in [0.5, 0.6) is 0 Å². The van der Waals surface area contributed by atoms with Crippen molar-refractivity contribution in [3.63, 3.8) is 0 Å². The second kappa shape index (κ2) is 9.36. The summed E-state index contributed by atoms with van der Waals surface area (Å²) in [7, 11) is 1.48. The van der Waals surface area contributed by atoms with E-state index in [0.29, 0.717) is 12.1 Å². The van der Waals surface area contributed by atoms with Crippen LogP contribution in [0.25, 0.3) is 0 Å². The molecule has 0 saturated heterocycles. The van der Waals surface area contributed by atoms with Gasteiger partial charge < -0.3 is 25.9 Å². The zero-order valence-electron chi connectivity index (χ0n) is 21.1. The van der Waals surface area contributed by atoms with Crippen LogP contribution in [-0.4, -0.2) is 45.7 Å². The van der Waals surface area contributed by atoms with Crippen molar-refractivity contribution >= 4 is 23.3 Å². The lowest BCUT2D eigenvalue weighted by Gasteiger charge is -2.48. The first-order valence-corrected chi connectivity index (χ1v) is 12.3. The first kappa shape index (κ1) is 26.7. The topological polar surface area (TPSA) is 143 Å². The third kappa shape index (κ3) is 4.51. The van der Waals surface area contributed by atoms with Crippen LogP contribution in [0.3, 0.4) is 0 Å². The Morgan fingerprint density at radius 3 is 2.59 bits per heavy atom. The van der Waals surface area contributed by atoms with Gasteiger partial charge >= 0.3 is 0 Å². The number of aromatic nitrogens is 2. The number of fused-ring (bicyclic) bond motifs is 3. The molecule has 39 heavy (non-hydrogen) atoms. The number of pyridine rings is 1. The predicted octanol–water partition coefficient (Wildman–Crippen LogP) is 2.49. The summed E-state index contributed by atoms with van der Waals surface area (Å²) in [6, 6.07) is 2.40. The van der Waals surface area contributed by atoms with Crippen LogP contribution >= 0.6 is 0 Å². The minimum atomic E-state index is -3.04. The number of nitrogens with zero attached hydrogens (tertiary/aromatic N) is 2. The van der Waals surface area contributed by atoms with E-state index in [9.17, 15) is 31.9 Å². The van der Waals surface area contributed by atoms with Gasteiger partial charge in [0.2, 0.25) is 0 Å². The predicted molar refractivity (Wildman–Crippen MR) is 131 cm³/mol. The Morgan fingerprint density at radius 2 is 1.97 bits per heavy atom. The first-order chi connectivity index (χ1) is 18.4. The molecule has 0 bridgehead atoms. The lowest BCUT2D eigenvalue weighted by Crippen LogP contribution is -2.66. The molecule has 0 spiro atoms. The van der Waals surface area contributed by atoms with Crippen LogP contribution < -0.4 is 27.2 Å². The molecule has 2 saturated carbocycles. The Labute approximate surface area is 220 Å². The molecule has 3 heterocycles. The second-order valence-corrected chi connectivity index (χ2v) is 10.2. The van der Waals surface area contributed by atoms with Crippen LogP contribution in [0, 0.1) is 12.8 Å². The maximum atomic E-state index is 13.9. The Kier molecular flexibility index (Phi) is 6.40. The van der Waals surface area contributed by atoms with Crippen molar-refractivity contribution in [1.82, 2.24) is 25.6 Å². The van der Waals surface area contributed by atoms with Gasteiger partial charge in [0.05, 0.1) is 16.8 Å². The maximum absolute atomic E-state index is 13.9. The Bertz CT molecular complexity index is 1400. The molecule has 2 fully saturated rings. The molecule has 5 rings (SSSR count). The fourth-order valence-corrected chi connectivity index (χ4v) is 5.87. The summed E-state index contributed by atoms with van der Waals surface area (Å²) < 4.78 is 55.7. The van der Waals surface area contributed by atoms with Gasteiger partial charge in [-0.15, -0.1) is 0 Å². The molecular formula is C25H27F4N7O3. The van der Waals surface area contributed by atoms with E-state index in [4.69, 9.17) is 5.84 Å². The Hall–Kier alpha value is -3.94. The number of carbonyl (C=O) groups is 3. The number of nitrogens with one attached hydrogen (secondary N) is 4. The highest BCUT2D eigenvalue weighted by Crippen LogP contribution is 2.54. The van der Waals surface area contributed by atoms with E-state index in [0.717, 1.165) is 18.7 Å². The number of rotatable bonds is 9. The smallest absolute Gasteiger partial charge is 0.293 e. The van der Waals surface area contributed by atoms with Crippen LogP contribution in [0.15, 0.2) is 30.2 Å². The van der Waals surface area contributed by atoms with Crippen molar-refractivity contribution in [2.24, 2.45) is 11.8 Å². The standard InChI is InChI=1S/C25H27F4N7O3/c1-11-18(20(37)23(39)35-24(9-25(28,29)10-24)17(31-2)8-33-30)16-6-12-5-15(12)36(16)19(11)22(38)34-13-3-4-32-14(7-13)21(26)27/h3-4,7-8,12,15,21,31,33H,5-6,9-10,30H2,1-2H3,(H,35,39)(H,32,34,38). The fourth-order valence-electron chi connectivity index (χ4n) is 5.87. The van der Waals surface area contributed by atoms with Gasteiger partial charge in [-0.05, 0) is 43.4 Å². The minimum Gasteiger partial charge on any atom is -0.388 e. The molecule has 0 aromatic carbocycles. The van der Waals surface area contributed by atoms with Crippen molar-refractivity contribution in [3.8, 4) is 0 Å². The van der Waals surface area contributed by atoms with Crippen LogP contribution in [-0.2, 0) is 11.2 Å². The van der Waals surface area contributed by atoms with Crippen LogP contribution in [0.4, 0.5) is 23.2 Å². The number of alkyl halides is 4. The average molecular weight is 550 g/mol. The largest absolute Gasteiger partial charge is 0.388 e. The molecule has 2 unspecified atom stereocenters. The zero-order chi connectivity index (χ0) is 28.3. The number of halogens is 4. The number of hydrogen-bond donors (Lipinski definition) is 5. The van der Waals surface area contributed by atoms with Crippen molar-refractivity contribution in [1.29, 1.82) is 0 Å². The minimum absolute atomic E-state index is 0.0238. The summed E-state index contributed by atoms with van der Waals surface area (Å²) in [6.45, 7) is 1.53. The highest BCUT2D eigenvalue weighted by Gasteiger charge is 2.60. The number of hydrazine groups is 1. The number of hydrogen-bond acceptors (Lipinski definition) is 7.